The van der Waals surface area contributed by atoms with Gasteiger partial charge in [0.25, 0.3) is 0 Å². The van der Waals surface area contributed by atoms with Crippen LogP contribution in [0, 0.1) is 0 Å². The third kappa shape index (κ3) is 39.8. The van der Waals surface area contributed by atoms with Crippen LogP contribution in [-0.4, -0.2) is 37.2 Å². The van der Waals surface area contributed by atoms with Crippen LogP contribution in [0.2, 0.25) is 0 Å². The van der Waals surface area contributed by atoms with Gasteiger partial charge in [0, 0.05) is 19.3 Å². The molecule has 0 aliphatic rings. The Hall–Kier alpha value is -3.41. The van der Waals surface area contributed by atoms with E-state index in [0.717, 1.165) is 103 Å². The minimum absolute atomic E-state index is 0.105. The number of allylic oxidation sites excluding steroid dienone is 14. The molecule has 54 heavy (non-hydrogen) atoms. The Balaban J connectivity index is 4.39. The molecule has 0 heterocycles. The Kier molecular flexibility index (Phi) is 39.7. The molecule has 0 saturated carbocycles. The van der Waals surface area contributed by atoms with Crippen LogP contribution in [-0.2, 0) is 28.6 Å². The highest BCUT2D eigenvalue weighted by molar-refractivity contribution is 5.71. The first-order valence-corrected chi connectivity index (χ1v) is 21.6. The summed E-state index contributed by atoms with van der Waals surface area (Å²) in [6, 6.07) is 0. The van der Waals surface area contributed by atoms with Crippen molar-refractivity contribution in [1.82, 2.24) is 0 Å². The lowest BCUT2D eigenvalue weighted by Gasteiger charge is -2.18. The lowest BCUT2D eigenvalue weighted by atomic mass is 10.1. The molecular formula is C48H78O6. The summed E-state index contributed by atoms with van der Waals surface area (Å²) in [7, 11) is 0. The minimum Gasteiger partial charge on any atom is -0.462 e. The van der Waals surface area contributed by atoms with Crippen molar-refractivity contribution in [2.45, 2.75) is 187 Å². The molecule has 0 aliphatic heterocycles. The summed E-state index contributed by atoms with van der Waals surface area (Å²) < 4.78 is 16.5. The SMILES string of the molecule is CC/C=C\C/C=C\C/C=C\C/C=C\C/C=C\C/C=C\CCC(=O)OCC(COC(=O)CCCCCCC)OC(=O)CCCCCCC/C=C\CCCCC. The monoisotopic (exact) mass is 751 g/mol. The van der Waals surface area contributed by atoms with Crippen molar-refractivity contribution in [2.75, 3.05) is 13.2 Å². The molecule has 0 aromatic carbocycles. The summed E-state index contributed by atoms with van der Waals surface area (Å²) in [5.41, 5.74) is 0. The molecule has 0 radical (unpaired) electrons. The van der Waals surface area contributed by atoms with E-state index in [9.17, 15) is 14.4 Å². The van der Waals surface area contributed by atoms with Gasteiger partial charge in [0.05, 0.1) is 0 Å². The first kappa shape index (κ1) is 50.6. The van der Waals surface area contributed by atoms with Crippen LogP contribution in [0.3, 0.4) is 0 Å². The highest BCUT2D eigenvalue weighted by atomic mass is 16.6. The van der Waals surface area contributed by atoms with Gasteiger partial charge in [-0.3, -0.25) is 14.4 Å². The maximum Gasteiger partial charge on any atom is 0.306 e. The predicted molar refractivity (Wildman–Crippen MR) is 228 cm³/mol. The molecule has 0 fully saturated rings. The first-order valence-electron chi connectivity index (χ1n) is 21.6. The van der Waals surface area contributed by atoms with Gasteiger partial charge in [-0.2, -0.15) is 0 Å². The molecule has 0 aromatic rings. The molecule has 0 N–H and O–H groups in total. The number of carbonyl (C=O) groups is 3. The van der Waals surface area contributed by atoms with E-state index in [4.69, 9.17) is 14.2 Å². The van der Waals surface area contributed by atoms with Crippen molar-refractivity contribution in [3.05, 3.63) is 85.1 Å². The highest BCUT2D eigenvalue weighted by Gasteiger charge is 2.19. The van der Waals surface area contributed by atoms with E-state index in [1.165, 1.54) is 32.1 Å². The standard InChI is InChI=1S/C48H78O6/c1-4-7-10-13-15-17-19-21-22-23-24-25-26-27-29-30-32-35-38-41-47(50)53-44-45(43-52-46(49)40-37-34-12-9-6-3)54-48(51)42-39-36-33-31-28-20-18-16-14-11-8-5-2/h7,10,15-18,21-22,24-25,27,29,32,35,45H,4-6,8-9,11-14,19-20,23,26,28,30-31,33-34,36-44H2,1-3H3/b10-7-,17-15-,18-16-,22-21-,25-24-,29-27-,35-32-. The zero-order chi connectivity index (χ0) is 39.4. The second kappa shape index (κ2) is 42.3. The van der Waals surface area contributed by atoms with Gasteiger partial charge in [-0.05, 0) is 83.5 Å². The summed E-state index contributed by atoms with van der Waals surface area (Å²) >= 11 is 0. The zero-order valence-electron chi connectivity index (χ0n) is 34.7. The van der Waals surface area contributed by atoms with Gasteiger partial charge in [0.15, 0.2) is 6.10 Å². The molecular weight excluding hydrogens is 673 g/mol. The second-order valence-electron chi connectivity index (χ2n) is 13.9. The topological polar surface area (TPSA) is 78.9 Å². The van der Waals surface area contributed by atoms with Crippen LogP contribution in [0.1, 0.15) is 181 Å². The van der Waals surface area contributed by atoms with E-state index in [1.807, 2.05) is 12.2 Å². The van der Waals surface area contributed by atoms with Crippen LogP contribution >= 0.6 is 0 Å². The van der Waals surface area contributed by atoms with Gasteiger partial charge in [-0.15, -0.1) is 0 Å². The van der Waals surface area contributed by atoms with Crippen molar-refractivity contribution in [3.8, 4) is 0 Å². The molecule has 1 unspecified atom stereocenters. The van der Waals surface area contributed by atoms with Crippen molar-refractivity contribution in [1.29, 1.82) is 0 Å². The van der Waals surface area contributed by atoms with E-state index in [1.54, 1.807) is 0 Å². The van der Waals surface area contributed by atoms with E-state index in [0.29, 0.717) is 19.3 Å². The Morgan fingerprint density at radius 3 is 1.28 bits per heavy atom. The molecule has 6 nitrogen and oxygen atoms in total. The van der Waals surface area contributed by atoms with Crippen molar-refractivity contribution in [3.63, 3.8) is 0 Å². The second-order valence-corrected chi connectivity index (χ2v) is 13.9. The molecule has 0 aliphatic carbocycles. The van der Waals surface area contributed by atoms with Gasteiger partial charge in [-0.1, -0.05) is 164 Å². The minimum atomic E-state index is -0.805. The fourth-order valence-electron chi connectivity index (χ4n) is 5.40. The fraction of sp³-hybridized carbons (Fsp3) is 0.646. The average Bonchev–Trinajstić information content (AvgIpc) is 3.17. The number of esters is 3. The van der Waals surface area contributed by atoms with E-state index in [-0.39, 0.29) is 37.5 Å². The van der Waals surface area contributed by atoms with Gasteiger partial charge < -0.3 is 14.2 Å². The van der Waals surface area contributed by atoms with Gasteiger partial charge in [-0.25, -0.2) is 0 Å². The quantitative estimate of drug-likeness (QED) is 0.0272. The van der Waals surface area contributed by atoms with Gasteiger partial charge in [0.2, 0.25) is 0 Å². The number of ether oxygens (including phenoxy) is 3. The summed E-state index contributed by atoms with van der Waals surface area (Å²) in [6.45, 7) is 6.30. The molecule has 0 saturated heterocycles. The number of hydrogen-bond acceptors (Lipinski definition) is 6. The maximum absolute atomic E-state index is 12.6. The van der Waals surface area contributed by atoms with Crippen LogP contribution < -0.4 is 0 Å². The third-order valence-corrected chi connectivity index (χ3v) is 8.65. The van der Waals surface area contributed by atoms with Crippen LogP contribution in [0.5, 0.6) is 0 Å². The van der Waals surface area contributed by atoms with Gasteiger partial charge >= 0.3 is 17.9 Å². The predicted octanol–water partition coefficient (Wildman–Crippen LogP) is 13.7. The van der Waals surface area contributed by atoms with Crippen molar-refractivity contribution >= 4 is 17.9 Å². The molecule has 1 atom stereocenters. The van der Waals surface area contributed by atoms with E-state index < -0.39 is 6.10 Å². The lowest BCUT2D eigenvalue weighted by molar-refractivity contribution is -0.166. The number of unbranched alkanes of at least 4 members (excludes halogenated alkanes) is 12. The summed E-state index contributed by atoms with van der Waals surface area (Å²) in [4.78, 5) is 37.4. The molecule has 0 bridgehead atoms. The average molecular weight is 751 g/mol. The molecule has 6 heteroatoms. The number of hydrogen-bond donors (Lipinski definition) is 0. The Labute approximate surface area is 331 Å². The summed E-state index contributed by atoms with van der Waals surface area (Å²) in [6.07, 6.45) is 53.2. The third-order valence-electron chi connectivity index (χ3n) is 8.65. The van der Waals surface area contributed by atoms with E-state index in [2.05, 4.69) is 93.7 Å². The Bertz CT molecular complexity index is 1090. The molecule has 0 aromatic heterocycles. The lowest BCUT2D eigenvalue weighted by Crippen LogP contribution is -2.30. The fourth-order valence-corrected chi connectivity index (χ4v) is 5.40. The van der Waals surface area contributed by atoms with Crippen LogP contribution in [0.4, 0.5) is 0 Å². The van der Waals surface area contributed by atoms with Crippen molar-refractivity contribution in [2.24, 2.45) is 0 Å². The molecule has 306 valence electrons. The smallest absolute Gasteiger partial charge is 0.306 e. The number of carbonyl (C=O) groups excluding carboxylic acids is 3. The summed E-state index contributed by atoms with van der Waals surface area (Å²) in [5, 5.41) is 0. The molecule has 0 spiro atoms. The highest BCUT2D eigenvalue weighted by Crippen LogP contribution is 2.11. The first-order chi connectivity index (χ1) is 26.5. The van der Waals surface area contributed by atoms with Crippen LogP contribution in [0.15, 0.2) is 85.1 Å². The molecule has 0 amide bonds. The number of rotatable bonds is 37. The normalized spacial score (nSPS) is 12.9. The largest absolute Gasteiger partial charge is 0.462 e. The van der Waals surface area contributed by atoms with Crippen LogP contribution in [0.25, 0.3) is 0 Å². The van der Waals surface area contributed by atoms with Gasteiger partial charge in [0.1, 0.15) is 13.2 Å². The maximum atomic E-state index is 12.6. The summed E-state index contributed by atoms with van der Waals surface area (Å²) in [5.74, 6) is -1.03. The van der Waals surface area contributed by atoms with E-state index >= 15 is 0 Å². The Morgan fingerprint density at radius 1 is 0.389 bits per heavy atom. The molecule has 0 rings (SSSR count). The zero-order valence-corrected chi connectivity index (χ0v) is 34.7. The van der Waals surface area contributed by atoms with Crippen molar-refractivity contribution < 1.29 is 28.6 Å². The Morgan fingerprint density at radius 2 is 0.759 bits per heavy atom.